The quantitative estimate of drug-likeness (QED) is 0.265. The summed E-state index contributed by atoms with van der Waals surface area (Å²) in [6.07, 6.45) is 0. The van der Waals surface area contributed by atoms with Crippen molar-refractivity contribution in [2.75, 3.05) is 33.7 Å². The van der Waals surface area contributed by atoms with E-state index < -0.39 is 0 Å². The first-order valence-electron chi connectivity index (χ1n) is 11.1. The van der Waals surface area contributed by atoms with Gasteiger partial charge in [0.1, 0.15) is 0 Å². The van der Waals surface area contributed by atoms with Crippen molar-refractivity contribution in [3.05, 3.63) is 70.8 Å². The van der Waals surface area contributed by atoms with Gasteiger partial charge in [0.15, 0.2) is 5.96 Å². The predicted molar refractivity (Wildman–Crippen MR) is 145 cm³/mol. The van der Waals surface area contributed by atoms with Gasteiger partial charge in [-0.2, -0.15) is 0 Å². The Hall–Kier alpha value is -2.13. The molecule has 0 heterocycles. The van der Waals surface area contributed by atoms with Gasteiger partial charge in [-0.05, 0) is 48.8 Å². The zero-order valence-electron chi connectivity index (χ0n) is 20.0. The number of aliphatic imine (C=N–C) groups is 1. The van der Waals surface area contributed by atoms with Crippen molar-refractivity contribution < 1.29 is 4.79 Å². The molecule has 2 rings (SSSR count). The van der Waals surface area contributed by atoms with Crippen molar-refractivity contribution in [2.24, 2.45) is 4.99 Å². The number of hydrogen-bond donors (Lipinski definition) is 2. The van der Waals surface area contributed by atoms with Crippen molar-refractivity contribution >= 4 is 35.8 Å². The highest BCUT2D eigenvalue weighted by atomic mass is 127. The lowest BCUT2D eigenvalue weighted by molar-refractivity contribution is 0.0827. The molecular formula is C25H38IN5O. The molecule has 0 aliphatic heterocycles. The first-order valence-corrected chi connectivity index (χ1v) is 11.1. The number of guanidine groups is 1. The third-order valence-corrected chi connectivity index (χ3v) is 5.22. The third-order valence-electron chi connectivity index (χ3n) is 5.22. The first kappa shape index (κ1) is 27.9. The van der Waals surface area contributed by atoms with Crippen molar-refractivity contribution in [3.8, 4) is 0 Å². The van der Waals surface area contributed by atoms with Gasteiger partial charge in [0.05, 0.1) is 6.54 Å². The average molecular weight is 552 g/mol. The summed E-state index contributed by atoms with van der Waals surface area (Å²) in [5.74, 6) is 0.794. The number of halogens is 1. The van der Waals surface area contributed by atoms with Gasteiger partial charge in [-0.1, -0.05) is 50.2 Å². The Bertz CT molecular complexity index is 848. The van der Waals surface area contributed by atoms with E-state index >= 15 is 0 Å². The number of carbonyl (C=O) groups excluding carboxylic acids is 1. The fourth-order valence-corrected chi connectivity index (χ4v) is 3.27. The summed E-state index contributed by atoms with van der Waals surface area (Å²) in [6, 6.07) is 16.2. The molecule has 0 aliphatic rings. The summed E-state index contributed by atoms with van der Waals surface area (Å²) >= 11 is 0. The van der Waals surface area contributed by atoms with Crippen LogP contribution < -0.4 is 10.6 Å². The summed E-state index contributed by atoms with van der Waals surface area (Å²) in [5.41, 5.74) is 4.38. The minimum Gasteiger partial charge on any atom is -0.357 e. The van der Waals surface area contributed by atoms with Crippen LogP contribution in [0.1, 0.15) is 47.8 Å². The van der Waals surface area contributed by atoms with Crippen LogP contribution in [0.3, 0.4) is 0 Å². The smallest absolute Gasteiger partial charge is 0.253 e. The number of hydrogen-bond acceptors (Lipinski definition) is 3. The average Bonchev–Trinajstić information content (AvgIpc) is 2.79. The lowest BCUT2D eigenvalue weighted by Crippen LogP contribution is -2.37. The van der Waals surface area contributed by atoms with E-state index in [1.807, 2.05) is 24.3 Å². The van der Waals surface area contributed by atoms with Crippen LogP contribution in [-0.4, -0.2) is 55.4 Å². The highest BCUT2D eigenvalue weighted by molar-refractivity contribution is 14.0. The molecule has 0 radical (unpaired) electrons. The van der Waals surface area contributed by atoms with E-state index in [2.05, 4.69) is 60.6 Å². The van der Waals surface area contributed by atoms with Crippen LogP contribution in [0.4, 0.5) is 0 Å². The minimum absolute atomic E-state index is 0. The van der Waals surface area contributed by atoms with Crippen LogP contribution >= 0.6 is 24.0 Å². The molecule has 0 spiro atoms. The number of nitrogens with zero attached hydrogens (tertiary/aromatic N) is 3. The van der Waals surface area contributed by atoms with Crippen LogP contribution in [0.25, 0.3) is 0 Å². The number of amides is 1. The number of carbonyl (C=O) groups is 1. The molecule has 2 N–H and O–H groups in total. The summed E-state index contributed by atoms with van der Waals surface area (Å²) in [6.45, 7) is 11.6. The molecule has 7 heteroatoms. The Morgan fingerprint density at radius 1 is 0.906 bits per heavy atom. The van der Waals surface area contributed by atoms with E-state index in [0.717, 1.165) is 44.2 Å². The number of rotatable bonds is 10. The fourth-order valence-electron chi connectivity index (χ4n) is 3.27. The minimum atomic E-state index is 0. The van der Waals surface area contributed by atoms with Gasteiger partial charge in [-0.3, -0.25) is 9.69 Å². The van der Waals surface area contributed by atoms with Crippen molar-refractivity contribution in [1.82, 2.24) is 20.4 Å². The second-order valence-electron chi connectivity index (χ2n) is 7.68. The fraction of sp³-hybridized carbons (Fsp3) is 0.440. The molecule has 0 aromatic heterocycles. The maximum absolute atomic E-state index is 12.0. The maximum atomic E-state index is 12.0. The Balaban J connectivity index is 0.00000512. The lowest BCUT2D eigenvalue weighted by Gasteiger charge is -2.20. The first-order chi connectivity index (χ1) is 15.0. The molecule has 0 saturated carbocycles. The van der Waals surface area contributed by atoms with Crippen LogP contribution in [0, 0.1) is 0 Å². The molecule has 1 amide bonds. The normalized spacial score (nSPS) is 11.1. The van der Waals surface area contributed by atoms with Crippen molar-refractivity contribution in [1.29, 1.82) is 0 Å². The Labute approximate surface area is 210 Å². The van der Waals surface area contributed by atoms with E-state index in [9.17, 15) is 4.79 Å². The third kappa shape index (κ3) is 8.78. The van der Waals surface area contributed by atoms with Crippen LogP contribution in [0.2, 0.25) is 0 Å². The monoisotopic (exact) mass is 551 g/mol. The standard InChI is InChI=1S/C25H37N5O.HI/c1-6-26-25(27-17-20-13-15-21(16-14-20)24(31)29(4)5)28-18-22-11-9-10-12-23(22)19-30(7-2)8-3;/h9-16H,6-8,17-19H2,1-5H3,(H2,26,27,28);1H. The molecule has 2 aromatic carbocycles. The molecular weight excluding hydrogens is 513 g/mol. The van der Waals surface area contributed by atoms with Gasteiger partial charge in [-0.25, -0.2) is 4.99 Å². The summed E-state index contributed by atoms with van der Waals surface area (Å²) < 4.78 is 0. The maximum Gasteiger partial charge on any atom is 0.253 e. The Morgan fingerprint density at radius 2 is 1.53 bits per heavy atom. The second kappa shape index (κ2) is 14.8. The van der Waals surface area contributed by atoms with Crippen molar-refractivity contribution in [3.63, 3.8) is 0 Å². The highest BCUT2D eigenvalue weighted by Crippen LogP contribution is 2.12. The van der Waals surface area contributed by atoms with Gasteiger partial charge in [-0.15, -0.1) is 24.0 Å². The van der Waals surface area contributed by atoms with Gasteiger partial charge in [0, 0.05) is 39.3 Å². The molecule has 0 atom stereocenters. The number of benzene rings is 2. The molecule has 176 valence electrons. The molecule has 0 unspecified atom stereocenters. The van der Waals surface area contributed by atoms with Crippen LogP contribution in [-0.2, 0) is 19.6 Å². The van der Waals surface area contributed by atoms with Gasteiger partial charge in [0.25, 0.3) is 5.91 Å². The molecule has 0 fully saturated rings. The van der Waals surface area contributed by atoms with Gasteiger partial charge in [0.2, 0.25) is 0 Å². The summed E-state index contributed by atoms with van der Waals surface area (Å²) in [4.78, 5) is 20.8. The summed E-state index contributed by atoms with van der Waals surface area (Å²) in [7, 11) is 3.52. The second-order valence-corrected chi connectivity index (χ2v) is 7.68. The topological polar surface area (TPSA) is 60.0 Å². The molecule has 6 nitrogen and oxygen atoms in total. The Morgan fingerprint density at radius 3 is 2.09 bits per heavy atom. The van der Waals surface area contributed by atoms with E-state index in [0.29, 0.717) is 12.1 Å². The largest absolute Gasteiger partial charge is 0.357 e. The van der Waals surface area contributed by atoms with E-state index in [1.165, 1.54) is 11.1 Å². The molecule has 32 heavy (non-hydrogen) atoms. The number of nitrogens with one attached hydrogen (secondary N) is 2. The van der Waals surface area contributed by atoms with E-state index in [-0.39, 0.29) is 29.9 Å². The molecule has 0 bridgehead atoms. The summed E-state index contributed by atoms with van der Waals surface area (Å²) in [5, 5.41) is 6.78. The predicted octanol–water partition coefficient (Wildman–Crippen LogP) is 4.10. The van der Waals surface area contributed by atoms with Crippen molar-refractivity contribution in [2.45, 2.75) is 40.4 Å². The zero-order valence-corrected chi connectivity index (χ0v) is 22.3. The van der Waals surface area contributed by atoms with E-state index in [4.69, 9.17) is 4.99 Å². The van der Waals surface area contributed by atoms with E-state index in [1.54, 1.807) is 19.0 Å². The lowest BCUT2D eigenvalue weighted by atomic mass is 10.1. The van der Waals surface area contributed by atoms with Gasteiger partial charge < -0.3 is 15.5 Å². The molecule has 2 aromatic rings. The molecule has 0 aliphatic carbocycles. The SMILES string of the molecule is CCNC(=NCc1ccc(C(=O)N(C)C)cc1)NCc1ccccc1CN(CC)CC.I. The highest BCUT2D eigenvalue weighted by Gasteiger charge is 2.08. The Kier molecular flexibility index (Phi) is 12.9. The van der Waals surface area contributed by atoms with Crippen LogP contribution in [0.5, 0.6) is 0 Å². The molecule has 0 saturated heterocycles. The zero-order chi connectivity index (χ0) is 22.6. The van der Waals surface area contributed by atoms with Gasteiger partial charge >= 0.3 is 0 Å². The van der Waals surface area contributed by atoms with Crippen LogP contribution in [0.15, 0.2) is 53.5 Å².